The average molecular weight is 1260 g/mol. The molecule has 0 spiro atoms. The number of ether oxygens (including phenoxy) is 6. The maximum Gasteiger partial charge on any atom is 0.314 e. The van der Waals surface area contributed by atoms with Gasteiger partial charge < -0.3 is 70.1 Å². The first-order valence-electron chi connectivity index (χ1n) is 29.1. The number of amides is 4. The predicted molar refractivity (Wildman–Crippen MR) is 338 cm³/mol. The first kappa shape index (κ1) is 66.0. The van der Waals surface area contributed by atoms with E-state index in [1.165, 1.54) is 0 Å². The molecule has 24 heteroatoms. The predicted octanol–water partition coefficient (Wildman–Crippen LogP) is 9.37. The van der Waals surface area contributed by atoms with Crippen LogP contribution in [0.5, 0.6) is 0 Å². The Bertz CT molecular complexity index is 2900. The van der Waals surface area contributed by atoms with Gasteiger partial charge in [-0.3, -0.25) is 9.97 Å². The Morgan fingerprint density at radius 3 is 1.26 bits per heavy atom. The number of nitrogens with one attached hydrogen (secondary N) is 6. The van der Waals surface area contributed by atoms with Crippen molar-refractivity contribution >= 4 is 70.1 Å². The van der Waals surface area contributed by atoms with Gasteiger partial charge in [-0.15, -0.1) is 0 Å². The topological polar surface area (TPSA) is 220 Å². The van der Waals surface area contributed by atoms with E-state index in [9.17, 15) is 9.59 Å². The molecule has 462 valence electrons. The molecule has 6 aromatic rings. The zero-order chi connectivity index (χ0) is 60.3. The van der Waals surface area contributed by atoms with Gasteiger partial charge in [-0.2, -0.15) is 0 Å². The summed E-state index contributed by atoms with van der Waals surface area (Å²) in [4.78, 5) is 47.3. The van der Waals surface area contributed by atoms with Crippen molar-refractivity contribution in [3.63, 3.8) is 0 Å². The van der Waals surface area contributed by atoms with Gasteiger partial charge >= 0.3 is 12.1 Å². The van der Waals surface area contributed by atoms with Gasteiger partial charge in [0.2, 0.25) is 0 Å². The standard InChI is InChI=1S/C62H78Cl4N12O8/c1-77-39-51(49-31-47(63)33-55(65)53(49)41-77)43-7-5-9-45(29-43)57-35-67-37-59(75-57)69-13-17-81-21-25-85-27-23-83-19-15-73-61(79)71-11-3-4-12-72-62(80)74-16-20-84-24-28-86-26-22-82-18-14-70-60-38-68-36-58(76-60)46-10-6-8-44(30-46)52-40-78(2)42-54-50(52)32-48(64)34-56(54)66/h5-10,29-38,51-52H,3-4,11-28,39-42H2,1-2H3,(H,69,75)(H,70,76)(H2,71,73,79)(H2,72,74,80)/t51-,52-/m0/s1. The van der Waals surface area contributed by atoms with Gasteiger partial charge in [0.1, 0.15) is 11.6 Å². The van der Waals surface area contributed by atoms with Gasteiger partial charge in [0, 0.05) is 109 Å². The smallest absolute Gasteiger partial charge is 0.314 e. The van der Waals surface area contributed by atoms with Crippen LogP contribution in [0.15, 0.2) is 97.6 Å². The second-order valence-electron chi connectivity index (χ2n) is 20.8. The van der Waals surface area contributed by atoms with Crippen LogP contribution < -0.4 is 31.9 Å². The Morgan fingerprint density at radius 1 is 0.477 bits per heavy atom. The average Bonchev–Trinajstić information content (AvgIpc) is 2.02. The summed E-state index contributed by atoms with van der Waals surface area (Å²) in [5.41, 5.74) is 10.4. The number of likely N-dealkylation sites (N-methyl/N-ethyl adjacent to an activating group) is 2. The Labute approximate surface area is 524 Å². The minimum atomic E-state index is -0.274. The molecule has 8 rings (SSSR count). The number of hydrogen-bond donors (Lipinski definition) is 6. The summed E-state index contributed by atoms with van der Waals surface area (Å²) in [5, 5.41) is 20.4. The number of halogens is 4. The molecule has 0 saturated heterocycles. The molecule has 0 saturated carbocycles. The quantitative estimate of drug-likeness (QED) is 0.0204. The van der Waals surface area contributed by atoms with Crippen LogP contribution in [0.3, 0.4) is 0 Å². The minimum absolute atomic E-state index is 0.123. The molecule has 2 atom stereocenters. The molecule has 0 fully saturated rings. The molecule has 0 unspecified atom stereocenters. The van der Waals surface area contributed by atoms with Crippen LogP contribution in [0.2, 0.25) is 20.1 Å². The highest BCUT2D eigenvalue weighted by Gasteiger charge is 2.29. The molecule has 2 aliphatic rings. The summed E-state index contributed by atoms with van der Waals surface area (Å²) < 4.78 is 33.8. The second-order valence-corrected chi connectivity index (χ2v) is 22.5. The number of unbranched alkanes of at least 4 members (excludes halogenated alkanes) is 1. The van der Waals surface area contributed by atoms with Crippen LogP contribution in [0.25, 0.3) is 22.5 Å². The fourth-order valence-electron chi connectivity index (χ4n) is 10.1. The molecule has 6 N–H and O–H groups in total. The maximum atomic E-state index is 12.1. The van der Waals surface area contributed by atoms with E-state index in [2.05, 4.69) is 102 Å². The lowest BCUT2D eigenvalue weighted by atomic mass is 9.84. The highest BCUT2D eigenvalue weighted by atomic mass is 35.5. The normalized spacial score (nSPS) is 15.0. The number of fused-ring (bicyclic) bond motifs is 2. The fourth-order valence-corrected chi connectivity index (χ4v) is 11.2. The molecule has 20 nitrogen and oxygen atoms in total. The van der Waals surface area contributed by atoms with Crippen LogP contribution in [-0.2, 0) is 41.5 Å². The van der Waals surface area contributed by atoms with Gasteiger partial charge in [-0.1, -0.05) is 82.8 Å². The Kier molecular flexibility index (Phi) is 27.4. The largest absolute Gasteiger partial charge is 0.377 e. The molecule has 86 heavy (non-hydrogen) atoms. The molecular formula is C62H78Cl4N12O8. The highest BCUT2D eigenvalue weighted by molar-refractivity contribution is 6.35. The number of nitrogens with zero attached hydrogens (tertiary/aromatic N) is 6. The van der Waals surface area contributed by atoms with E-state index < -0.39 is 0 Å². The number of carbonyl (C=O) groups excluding carboxylic acids is 2. The number of urea groups is 2. The summed E-state index contributed by atoms with van der Waals surface area (Å²) >= 11 is 26.1. The first-order chi connectivity index (χ1) is 42.0. The first-order valence-corrected chi connectivity index (χ1v) is 30.6. The van der Waals surface area contributed by atoms with Crippen molar-refractivity contribution in [3.05, 3.63) is 151 Å². The monoisotopic (exact) mass is 1260 g/mol. The van der Waals surface area contributed by atoms with E-state index in [0.717, 1.165) is 82.1 Å². The third-order valence-electron chi connectivity index (χ3n) is 14.3. The molecule has 4 aromatic carbocycles. The molecule has 4 amide bonds. The van der Waals surface area contributed by atoms with Crippen molar-refractivity contribution in [2.24, 2.45) is 0 Å². The van der Waals surface area contributed by atoms with Crippen LogP contribution in [0, 0.1) is 0 Å². The third-order valence-corrected chi connectivity index (χ3v) is 15.4. The van der Waals surface area contributed by atoms with Crippen LogP contribution in [0.1, 0.15) is 58.1 Å². The number of aromatic nitrogens is 4. The molecule has 0 aliphatic carbocycles. The lowest BCUT2D eigenvalue weighted by Gasteiger charge is -2.33. The van der Waals surface area contributed by atoms with Gasteiger partial charge in [0.25, 0.3) is 0 Å². The van der Waals surface area contributed by atoms with Crippen LogP contribution in [-0.4, -0.2) is 188 Å². The summed E-state index contributed by atoms with van der Waals surface area (Å²) in [7, 11) is 4.21. The maximum absolute atomic E-state index is 12.1. The van der Waals surface area contributed by atoms with Crippen molar-refractivity contribution in [1.29, 1.82) is 0 Å². The van der Waals surface area contributed by atoms with E-state index in [4.69, 9.17) is 84.8 Å². The summed E-state index contributed by atoms with van der Waals surface area (Å²) in [6.45, 7) is 11.1. The molecule has 0 bridgehead atoms. The van der Waals surface area contributed by atoms with Crippen molar-refractivity contribution in [3.8, 4) is 22.5 Å². The second kappa shape index (κ2) is 35.7. The van der Waals surface area contributed by atoms with E-state index in [-0.39, 0.29) is 23.9 Å². The zero-order valence-electron chi connectivity index (χ0n) is 48.8. The molecule has 4 heterocycles. The lowest BCUT2D eigenvalue weighted by Crippen LogP contribution is -2.39. The number of benzene rings is 4. The van der Waals surface area contributed by atoms with Crippen molar-refractivity contribution in [2.45, 2.75) is 37.8 Å². The van der Waals surface area contributed by atoms with E-state index in [1.807, 2.05) is 36.4 Å². The summed E-state index contributed by atoms with van der Waals surface area (Å²) in [6, 6.07) is 23.9. The molecule has 2 aromatic heterocycles. The van der Waals surface area contributed by atoms with Crippen LogP contribution >= 0.6 is 46.4 Å². The molecule has 0 radical (unpaired) electrons. The SMILES string of the molecule is CN1Cc2c(Cl)cc(Cl)cc2[C@H](c2cccc(-c3cncc(NCCOCCOCCOCCNC(=O)NCCCCNC(=O)NCCOCCOCCOCCNc4cncc(-c5cccc([C@@H]6CN(C)Cc7c(Cl)cc(Cl)cc76)c5)n4)n3)c2)C1. The zero-order valence-corrected chi connectivity index (χ0v) is 51.8. The van der Waals surface area contributed by atoms with Crippen molar-refractivity contribution < 1.29 is 38.0 Å². The van der Waals surface area contributed by atoms with Gasteiger partial charge in [0.05, 0.1) is 115 Å². The third kappa shape index (κ3) is 21.4. The van der Waals surface area contributed by atoms with Gasteiger partial charge in [-0.05, 0) is 96.7 Å². The van der Waals surface area contributed by atoms with Crippen molar-refractivity contribution in [1.82, 2.24) is 51.0 Å². The number of rotatable bonds is 35. The molecule has 2 aliphatic heterocycles. The fraction of sp³-hybridized carbons (Fsp3) is 0.452. The van der Waals surface area contributed by atoms with E-state index in [1.54, 1.807) is 24.8 Å². The summed E-state index contributed by atoms with van der Waals surface area (Å²) in [5.74, 6) is 1.57. The number of carbonyl (C=O) groups is 2. The van der Waals surface area contributed by atoms with Gasteiger partial charge in [-0.25, -0.2) is 19.6 Å². The Hall–Kier alpha value is -5.98. The van der Waals surface area contributed by atoms with Crippen molar-refractivity contribution in [2.75, 3.05) is 156 Å². The minimum Gasteiger partial charge on any atom is -0.377 e. The number of anilines is 2. The lowest BCUT2D eigenvalue weighted by molar-refractivity contribution is 0.0172. The van der Waals surface area contributed by atoms with Gasteiger partial charge in [0.15, 0.2) is 0 Å². The summed E-state index contributed by atoms with van der Waals surface area (Å²) in [6.07, 6.45) is 8.35. The van der Waals surface area contributed by atoms with Crippen LogP contribution in [0.4, 0.5) is 21.2 Å². The van der Waals surface area contributed by atoms with E-state index >= 15 is 0 Å². The highest BCUT2D eigenvalue weighted by Crippen LogP contribution is 2.41. The Morgan fingerprint density at radius 2 is 0.849 bits per heavy atom. The Balaban J connectivity index is 0.548. The van der Waals surface area contributed by atoms with E-state index in [0.29, 0.717) is 163 Å². The number of hydrogen-bond acceptors (Lipinski definition) is 16. The molecular weight excluding hydrogens is 1180 g/mol.